The quantitative estimate of drug-likeness (QED) is 0.347. The average Bonchev–Trinajstić information content (AvgIpc) is 2.47. The zero-order valence-electron chi connectivity index (χ0n) is 12.6. The number of aliphatic hydroxyl groups excluding tert-OH is 3. The fourth-order valence-electron chi connectivity index (χ4n) is 1.67. The summed E-state index contributed by atoms with van der Waals surface area (Å²) >= 11 is 0. The van der Waals surface area contributed by atoms with Crippen molar-refractivity contribution < 1.29 is 34.4 Å². The molecule has 22 heavy (non-hydrogen) atoms. The largest absolute Gasteiger partial charge is 0.460 e. The van der Waals surface area contributed by atoms with Gasteiger partial charge in [-0.1, -0.05) is 6.58 Å². The molecule has 1 saturated heterocycles. The van der Waals surface area contributed by atoms with Gasteiger partial charge in [0.15, 0.2) is 6.23 Å². The van der Waals surface area contributed by atoms with Crippen LogP contribution >= 0.6 is 0 Å². The van der Waals surface area contributed by atoms with E-state index in [9.17, 15) is 24.9 Å². The van der Waals surface area contributed by atoms with Crippen molar-refractivity contribution in [3.05, 3.63) is 12.2 Å². The van der Waals surface area contributed by atoms with Gasteiger partial charge in [-0.2, -0.15) is 0 Å². The van der Waals surface area contributed by atoms with Gasteiger partial charge in [-0.25, -0.2) is 9.59 Å². The molecule has 0 spiro atoms. The van der Waals surface area contributed by atoms with Crippen LogP contribution in [0.4, 0.5) is 4.79 Å². The van der Waals surface area contributed by atoms with Crippen LogP contribution in [0, 0.1) is 0 Å². The number of likely N-dealkylation sites (N-methyl/N-ethyl adjacent to an activating group) is 1. The third-order valence-corrected chi connectivity index (χ3v) is 3.12. The molecule has 0 radical (unpaired) electrons. The molecule has 0 aromatic heterocycles. The number of ether oxygens (including phenoxy) is 2. The predicted molar refractivity (Wildman–Crippen MR) is 74.7 cm³/mol. The van der Waals surface area contributed by atoms with Gasteiger partial charge in [-0.3, -0.25) is 0 Å². The van der Waals surface area contributed by atoms with Crippen LogP contribution in [0.2, 0.25) is 0 Å². The maximum atomic E-state index is 11.9. The SMILES string of the molecule is C=C(C)C(=O)OCCN(C)C(=O)NC1OCC(O)C(O)C1O. The van der Waals surface area contributed by atoms with E-state index in [0.29, 0.717) is 0 Å². The molecule has 4 unspecified atom stereocenters. The van der Waals surface area contributed by atoms with Crippen LogP contribution in [-0.2, 0) is 14.3 Å². The molecule has 4 atom stereocenters. The second-order valence-electron chi connectivity index (χ2n) is 5.09. The van der Waals surface area contributed by atoms with E-state index < -0.39 is 36.5 Å². The second-order valence-corrected chi connectivity index (χ2v) is 5.09. The van der Waals surface area contributed by atoms with Crippen molar-refractivity contribution in [2.45, 2.75) is 31.5 Å². The lowest BCUT2D eigenvalue weighted by atomic mass is 10.0. The lowest BCUT2D eigenvalue weighted by Crippen LogP contribution is -2.60. The summed E-state index contributed by atoms with van der Waals surface area (Å²) in [5, 5.41) is 30.9. The van der Waals surface area contributed by atoms with Crippen molar-refractivity contribution in [1.29, 1.82) is 0 Å². The molecule has 4 N–H and O–H groups in total. The Morgan fingerprint density at radius 1 is 1.36 bits per heavy atom. The van der Waals surface area contributed by atoms with E-state index in [1.165, 1.54) is 18.9 Å². The van der Waals surface area contributed by atoms with Gasteiger partial charge in [0, 0.05) is 12.6 Å². The molecule has 9 nitrogen and oxygen atoms in total. The van der Waals surface area contributed by atoms with Crippen LogP contribution in [-0.4, -0.2) is 83.6 Å². The van der Waals surface area contributed by atoms with Gasteiger partial charge in [0.05, 0.1) is 13.2 Å². The molecule has 1 fully saturated rings. The van der Waals surface area contributed by atoms with Crippen LogP contribution in [0.15, 0.2) is 12.2 Å². The van der Waals surface area contributed by atoms with Gasteiger partial charge in [0.2, 0.25) is 0 Å². The highest BCUT2D eigenvalue weighted by atomic mass is 16.5. The molecule has 0 bridgehead atoms. The highest BCUT2D eigenvalue weighted by Crippen LogP contribution is 2.13. The third-order valence-electron chi connectivity index (χ3n) is 3.12. The first kappa shape index (κ1) is 18.4. The number of esters is 1. The minimum Gasteiger partial charge on any atom is -0.460 e. The topological polar surface area (TPSA) is 129 Å². The van der Waals surface area contributed by atoms with E-state index in [1.807, 2.05) is 0 Å². The summed E-state index contributed by atoms with van der Waals surface area (Å²) in [5.74, 6) is -0.544. The summed E-state index contributed by atoms with van der Waals surface area (Å²) in [5.41, 5.74) is 0.262. The van der Waals surface area contributed by atoms with Crippen molar-refractivity contribution >= 4 is 12.0 Å². The number of hydrogen-bond acceptors (Lipinski definition) is 7. The second kappa shape index (κ2) is 8.08. The van der Waals surface area contributed by atoms with Gasteiger partial charge in [-0.05, 0) is 6.92 Å². The molecule has 2 amide bonds. The van der Waals surface area contributed by atoms with E-state index in [1.54, 1.807) is 0 Å². The number of amides is 2. The van der Waals surface area contributed by atoms with Crippen LogP contribution in [0.1, 0.15) is 6.92 Å². The summed E-state index contributed by atoms with van der Waals surface area (Å²) in [7, 11) is 1.46. The number of hydrogen-bond donors (Lipinski definition) is 4. The van der Waals surface area contributed by atoms with Gasteiger partial charge < -0.3 is 35.0 Å². The first-order valence-electron chi connectivity index (χ1n) is 6.74. The van der Waals surface area contributed by atoms with Crippen LogP contribution < -0.4 is 5.32 Å². The summed E-state index contributed by atoms with van der Waals surface area (Å²) in [4.78, 5) is 24.3. The van der Waals surface area contributed by atoms with Crippen LogP contribution in [0.3, 0.4) is 0 Å². The number of urea groups is 1. The maximum Gasteiger partial charge on any atom is 0.333 e. The van der Waals surface area contributed by atoms with Crippen molar-refractivity contribution in [3.63, 3.8) is 0 Å². The Morgan fingerprint density at radius 3 is 2.59 bits per heavy atom. The Bertz CT molecular complexity index is 429. The van der Waals surface area contributed by atoms with Crippen molar-refractivity contribution in [3.8, 4) is 0 Å². The average molecular weight is 318 g/mol. The fourth-order valence-corrected chi connectivity index (χ4v) is 1.67. The lowest BCUT2D eigenvalue weighted by Gasteiger charge is -2.36. The highest BCUT2D eigenvalue weighted by Gasteiger charge is 2.38. The zero-order valence-corrected chi connectivity index (χ0v) is 12.6. The Labute approximate surface area is 128 Å². The number of nitrogens with zero attached hydrogens (tertiary/aromatic N) is 1. The molecule has 9 heteroatoms. The van der Waals surface area contributed by atoms with Crippen LogP contribution in [0.25, 0.3) is 0 Å². The summed E-state index contributed by atoms with van der Waals surface area (Å²) < 4.78 is 9.90. The maximum absolute atomic E-state index is 11.9. The fraction of sp³-hybridized carbons (Fsp3) is 0.692. The molecule has 0 aliphatic carbocycles. The van der Waals surface area contributed by atoms with E-state index in [-0.39, 0.29) is 25.3 Å². The molecule has 0 saturated carbocycles. The van der Waals surface area contributed by atoms with Gasteiger partial charge in [0.1, 0.15) is 24.9 Å². The van der Waals surface area contributed by atoms with Gasteiger partial charge in [-0.15, -0.1) is 0 Å². The molecule has 1 rings (SSSR count). The number of carbonyl (C=O) groups excluding carboxylic acids is 2. The molecule has 1 aliphatic rings. The predicted octanol–water partition coefficient (Wildman–Crippen LogP) is -1.81. The Balaban J connectivity index is 2.38. The minimum atomic E-state index is -1.44. The zero-order chi connectivity index (χ0) is 16.9. The Kier molecular flexibility index (Phi) is 6.75. The summed E-state index contributed by atoms with van der Waals surface area (Å²) in [6.45, 7) is 4.85. The van der Waals surface area contributed by atoms with E-state index in [4.69, 9.17) is 9.47 Å². The van der Waals surface area contributed by atoms with E-state index >= 15 is 0 Å². The first-order valence-corrected chi connectivity index (χ1v) is 6.74. The standard InChI is InChI=1S/C13H22N2O7/c1-7(2)12(19)21-5-4-15(3)13(20)14-11-10(18)9(17)8(16)6-22-11/h8-11,16-18H,1,4-6H2,2-3H3,(H,14,20). The van der Waals surface area contributed by atoms with Crippen molar-refractivity contribution in [2.24, 2.45) is 0 Å². The Hall–Kier alpha value is -1.68. The monoisotopic (exact) mass is 318 g/mol. The molecule has 0 aromatic rings. The van der Waals surface area contributed by atoms with Crippen LogP contribution in [0.5, 0.6) is 0 Å². The number of rotatable bonds is 5. The highest BCUT2D eigenvalue weighted by molar-refractivity contribution is 5.86. The normalized spacial score (nSPS) is 27.9. The van der Waals surface area contributed by atoms with Gasteiger partial charge >= 0.3 is 12.0 Å². The molecular formula is C13H22N2O7. The molecule has 1 heterocycles. The molecular weight excluding hydrogens is 296 g/mol. The summed E-state index contributed by atoms with van der Waals surface area (Å²) in [6, 6.07) is -0.584. The lowest BCUT2D eigenvalue weighted by molar-refractivity contribution is -0.192. The molecule has 1 aliphatic heterocycles. The van der Waals surface area contributed by atoms with Gasteiger partial charge in [0.25, 0.3) is 0 Å². The first-order chi connectivity index (χ1) is 10.2. The molecule has 0 aromatic carbocycles. The summed E-state index contributed by atoms with van der Waals surface area (Å²) in [6.07, 6.45) is -5.18. The van der Waals surface area contributed by atoms with E-state index in [2.05, 4.69) is 11.9 Å². The number of nitrogens with one attached hydrogen (secondary N) is 1. The Morgan fingerprint density at radius 2 is 2.00 bits per heavy atom. The van der Waals surface area contributed by atoms with E-state index in [0.717, 1.165) is 0 Å². The number of aliphatic hydroxyl groups is 3. The number of carbonyl (C=O) groups is 2. The third kappa shape index (κ3) is 4.95. The molecule has 126 valence electrons. The van der Waals surface area contributed by atoms with Crippen molar-refractivity contribution in [2.75, 3.05) is 26.8 Å². The van der Waals surface area contributed by atoms with Crippen molar-refractivity contribution in [1.82, 2.24) is 10.2 Å². The smallest absolute Gasteiger partial charge is 0.333 e. The minimum absolute atomic E-state index is 0.00890.